The number of aromatic hydroxyl groups is 1. The van der Waals surface area contributed by atoms with Crippen LogP contribution in [-0.2, 0) is 6.42 Å². The molecule has 0 spiro atoms. The first-order valence-corrected chi connectivity index (χ1v) is 3.69. The molecule has 0 unspecified atom stereocenters. The zero-order valence-corrected chi connectivity index (χ0v) is 6.25. The summed E-state index contributed by atoms with van der Waals surface area (Å²) in [5, 5.41) is 9.25. The Morgan fingerprint density at radius 3 is 2.92 bits per heavy atom. The van der Waals surface area contributed by atoms with Crippen LogP contribution in [0.15, 0.2) is 18.2 Å². The number of benzene rings is 1. The molecule has 0 saturated heterocycles. The Morgan fingerprint density at radius 2 is 2.25 bits per heavy atom. The van der Waals surface area contributed by atoms with Crippen molar-refractivity contribution in [3.63, 3.8) is 0 Å². The van der Waals surface area contributed by atoms with Crippen molar-refractivity contribution in [1.29, 1.82) is 0 Å². The zero-order valence-electron chi connectivity index (χ0n) is 6.25. The van der Waals surface area contributed by atoms with Crippen LogP contribution in [0.1, 0.15) is 15.9 Å². The van der Waals surface area contributed by atoms with E-state index in [1.165, 1.54) is 12.1 Å². The lowest BCUT2D eigenvalue weighted by Crippen LogP contribution is -2.07. The summed E-state index contributed by atoms with van der Waals surface area (Å²) in [5.74, 6) is -0.498. The van der Waals surface area contributed by atoms with Crippen LogP contribution in [0.25, 0.3) is 0 Å². The molecule has 0 aliphatic heterocycles. The van der Waals surface area contributed by atoms with Gasteiger partial charge in [0.1, 0.15) is 5.75 Å². The van der Waals surface area contributed by atoms with Gasteiger partial charge in [0.25, 0.3) is 0 Å². The lowest BCUT2D eigenvalue weighted by Gasteiger charge is -1.97. The fraction of sp³-hybridized carbons (Fsp3) is 0.222. The van der Waals surface area contributed by atoms with Crippen LogP contribution in [-0.4, -0.2) is 17.1 Å². The number of rotatable bonds is 0. The highest BCUT2D eigenvalue weighted by Crippen LogP contribution is 2.30. The molecule has 3 heteroatoms. The van der Waals surface area contributed by atoms with E-state index in [4.69, 9.17) is 0 Å². The number of hydrogen-bond donors (Lipinski definition) is 1. The average molecular weight is 166 g/mol. The molecule has 0 aromatic heterocycles. The van der Waals surface area contributed by atoms with Crippen LogP contribution in [0.5, 0.6) is 5.75 Å². The summed E-state index contributed by atoms with van der Waals surface area (Å²) in [5.41, 5.74) is 0.762. The molecule has 0 heterocycles. The van der Waals surface area contributed by atoms with Gasteiger partial charge in [0.15, 0.2) is 12.0 Å². The quantitative estimate of drug-likeness (QED) is 0.633. The number of carbonyl (C=O) groups is 1. The number of alkyl halides is 1. The SMILES string of the molecule is O=C1c2cccc(O)c2C[C@@H]1F. The van der Waals surface area contributed by atoms with Crippen LogP contribution in [0.4, 0.5) is 4.39 Å². The van der Waals surface area contributed by atoms with E-state index in [0.717, 1.165) is 0 Å². The summed E-state index contributed by atoms with van der Waals surface area (Å²) >= 11 is 0. The highest BCUT2D eigenvalue weighted by Gasteiger charge is 2.31. The van der Waals surface area contributed by atoms with Crippen molar-refractivity contribution in [3.05, 3.63) is 29.3 Å². The second-order valence-corrected chi connectivity index (χ2v) is 2.84. The summed E-state index contributed by atoms with van der Waals surface area (Å²) in [6.07, 6.45) is -1.45. The average Bonchev–Trinajstić information content (AvgIpc) is 2.32. The fourth-order valence-corrected chi connectivity index (χ4v) is 1.46. The van der Waals surface area contributed by atoms with Crippen molar-refractivity contribution < 1.29 is 14.3 Å². The summed E-state index contributed by atoms with van der Waals surface area (Å²) in [7, 11) is 0. The smallest absolute Gasteiger partial charge is 0.197 e. The van der Waals surface area contributed by atoms with Crippen molar-refractivity contribution >= 4 is 5.78 Å². The number of Topliss-reactive ketones (excluding diaryl/α,β-unsaturated/α-hetero) is 1. The normalized spacial score (nSPS) is 21.1. The zero-order chi connectivity index (χ0) is 8.72. The predicted molar refractivity (Wildman–Crippen MR) is 41.0 cm³/mol. The monoisotopic (exact) mass is 166 g/mol. The van der Waals surface area contributed by atoms with Crippen LogP contribution in [0, 0.1) is 0 Å². The molecule has 1 aliphatic carbocycles. The van der Waals surface area contributed by atoms with Gasteiger partial charge in [0.2, 0.25) is 0 Å². The van der Waals surface area contributed by atoms with Gasteiger partial charge in [-0.1, -0.05) is 12.1 Å². The molecular weight excluding hydrogens is 159 g/mol. The minimum absolute atomic E-state index is 0.0147. The number of hydrogen-bond acceptors (Lipinski definition) is 2. The summed E-state index contributed by atoms with van der Waals surface area (Å²) in [6.45, 7) is 0. The van der Waals surface area contributed by atoms with Gasteiger partial charge in [-0.05, 0) is 6.07 Å². The molecule has 2 rings (SSSR count). The van der Waals surface area contributed by atoms with Crippen molar-refractivity contribution in [3.8, 4) is 5.75 Å². The van der Waals surface area contributed by atoms with Gasteiger partial charge in [-0.2, -0.15) is 0 Å². The molecule has 1 aromatic rings. The van der Waals surface area contributed by atoms with Crippen molar-refractivity contribution in [2.24, 2.45) is 0 Å². The third-order valence-corrected chi connectivity index (χ3v) is 2.08. The van der Waals surface area contributed by atoms with Gasteiger partial charge in [0, 0.05) is 17.5 Å². The molecule has 62 valence electrons. The minimum atomic E-state index is -1.46. The van der Waals surface area contributed by atoms with E-state index in [-0.39, 0.29) is 12.2 Å². The second kappa shape index (κ2) is 2.30. The van der Waals surface area contributed by atoms with E-state index in [1.807, 2.05) is 0 Å². The van der Waals surface area contributed by atoms with E-state index in [1.54, 1.807) is 6.07 Å². The molecule has 1 N–H and O–H groups in total. The van der Waals surface area contributed by atoms with Crippen LogP contribution < -0.4 is 0 Å². The Morgan fingerprint density at radius 1 is 1.50 bits per heavy atom. The lowest BCUT2D eigenvalue weighted by atomic mass is 10.1. The maximum absolute atomic E-state index is 12.8. The van der Waals surface area contributed by atoms with Crippen molar-refractivity contribution in [2.45, 2.75) is 12.6 Å². The molecule has 1 aliphatic rings. The summed E-state index contributed by atoms with van der Waals surface area (Å²) in [4.78, 5) is 11.1. The number of carbonyl (C=O) groups excluding carboxylic acids is 1. The Kier molecular flexibility index (Phi) is 1.40. The number of phenols is 1. The van der Waals surface area contributed by atoms with E-state index in [0.29, 0.717) is 11.1 Å². The molecule has 0 amide bonds. The number of fused-ring (bicyclic) bond motifs is 1. The Labute approximate surface area is 68.6 Å². The maximum atomic E-state index is 12.8. The highest BCUT2D eigenvalue weighted by atomic mass is 19.1. The molecular formula is C9H7FO2. The van der Waals surface area contributed by atoms with Gasteiger partial charge < -0.3 is 5.11 Å². The minimum Gasteiger partial charge on any atom is -0.508 e. The van der Waals surface area contributed by atoms with Gasteiger partial charge in [-0.15, -0.1) is 0 Å². The predicted octanol–water partition coefficient (Wildman–Crippen LogP) is 1.47. The van der Waals surface area contributed by atoms with Gasteiger partial charge >= 0.3 is 0 Å². The number of halogens is 1. The van der Waals surface area contributed by atoms with Gasteiger partial charge in [-0.3, -0.25) is 4.79 Å². The first-order chi connectivity index (χ1) is 5.70. The second-order valence-electron chi connectivity index (χ2n) is 2.84. The first kappa shape index (κ1) is 7.28. The standard InChI is InChI=1S/C9H7FO2/c10-7-4-6-5(9(7)12)2-1-3-8(6)11/h1-3,7,11H,4H2/t7-/m0/s1. The Bertz CT molecular complexity index is 346. The summed E-state index contributed by atoms with van der Waals surface area (Å²) in [6, 6.07) is 4.55. The molecule has 0 saturated carbocycles. The van der Waals surface area contributed by atoms with Crippen LogP contribution >= 0.6 is 0 Å². The molecule has 0 bridgehead atoms. The molecule has 1 atom stereocenters. The van der Waals surface area contributed by atoms with E-state index in [9.17, 15) is 14.3 Å². The molecule has 1 aromatic carbocycles. The lowest BCUT2D eigenvalue weighted by molar-refractivity contribution is 0.0899. The Balaban J connectivity index is 2.61. The number of ketones is 1. The van der Waals surface area contributed by atoms with E-state index < -0.39 is 12.0 Å². The van der Waals surface area contributed by atoms with Gasteiger partial charge in [0.05, 0.1) is 0 Å². The van der Waals surface area contributed by atoms with Crippen molar-refractivity contribution in [1.82, 2.24) is 0 Å². The van der Waals surface area contributed by atoms with Gasteiger partial charge in [-0.25, -0.2) is 4.39 Å². The molecule has 2 nitrogen and oxygen atoms in total. The largest absolute Gasteiger partial charge is 0.508 e. The van der Waals surface area contributed by atoms with Crippen molar-refractivity contribution in [2.75, 3.05) is 0 Å². The molecule has 0 radical (unpaired) electrons. The maximum Gasteiger partial charge on any atom is 0.197 e. The van der Waals surface area contributed by atoms with Crippen LogP contribution in [0.3, 0.4) is 0 Å². The van der Waals surface area contributed by atoms with Crippen LogP contribution in [0.2, 0.25) is 0 Å². The van der Waals surface area contributed by atoms with E-state index >= 15 is 0 Å². The number of phenolic OH excluding ortho intramolecular Hbond substituents is 1. The molecule has 0 fully saturated rings. The third-order valence-electron chi connectivity index (χ3n) is 2.08. The highest BCUT2D eigenvalue weighted by molar-refractivity contribution is 6.04. The summed E-state index contributed by atoms with van der Waals surface area (Å²) < 4.78 is 12.8. The topological polar surface area (TPSA) is 37.3 Å². The van der Waals surface area contributed by atoms with E-state index in [2.05, 4.69) is 0 Å². The third kappa shape index (κ3) is 0.826. The first-order valence-electron chi connectivity index (χ1n) is 3.69. The molecule has 12 heavy (non-hydrogen) atoms. The fourth-order valence-electron chi connectivity index (χ4n) is 1.46. The Hall–Kier alpha value is -1.38.